The zero-order valence-electron chi connectivity index (χ0n) is 13.7. The van der Waals surface area contributed by atoms with Gasteiger partial charge in [0.1, 0.15) is 10.5 Å². The molecule has 0 atom stereocenters. The quantitative estimate of drug-likeness (QED) is 0.792. The minimum atomic E-state index is -3.60. The lowest BCUT2D eigenvalue weighted by atomic mass is 9.94. The summed E-state index contributed by atoms with van der Waals surface area (Å²) in [5, 5.41) is 5.24. The van der Waals surface area contributed by atoms with E-state index in [1.54, 1.807) is 7.05 Å². The number of hydrogen-bond acceptors (Lipinski definition) is 5. The zero-order valence-corrected chi connectivity index (χ0v) is 14.5. The largest absolute Gasteiger partial charge is 0.274 e. The highest BCUT2D eigenvalue weighted by atomic mass is 32.2. The van der Waals surface area contributed by atoms with E-state index in [1.165, 1.54) is 26.4 Å². The van der Waals surface area contributed by atoms with Gasteiger partial charge in [0.05, 0.1) is 19.2 Å². The first-order valence-electron chi connectivity index (χ1n) is 7.90. The van der Waals surface area contributed by atoms with Crippen LogP contribution in [0.3, 0.4) is 0 Å². The Bertz CT molecular complexity index is 903. The zero-order chi connectivity index (χ0) is 17.7. The van der Waals surface area contributed by atoms with Crippen LogP contribution in [0.1, 0.15) is 12.0 Å². The van der Waals surface area contributed by atoms with E-state index in [1.807, 2.05) is 30.3 Å². The Hall–Kier alpha value is -2.23. The minimum absolute atomic E-state index is 0.123. The lowest BCUT2D eigenvalue weighted by molar-refractivity contribution is -0.228. The first-order chi connectivity index (χ1) is 11.9. The number of aryl methyl sites for hydroxylation is 1. The fraction of sp³-hybridized carbons (Fsp3) is 0.375. The summed E-state index contributed by atoms with van der Waals surface area (Å²) in [5.41, 5.74) is 0.216. The van der Waals surface area contributed by atoms with Gasteiger partial charge in [-0.15, -0.1) is 0 Å². The monoisotopic (exact) mass is 362 g/mol. The molecule has 2 aliphatic rings. The van der Waals surface area contributed by atoms with Crippen LogP contribution in [-0.4, -0.2) is 52.2 Å². The Morgan fingerprint density at radius 2 is 1.96 bits per heavy atom. The Morgan fingerprint density at radius 3 is 2.60 bits per heavy atom. The van der Waals surface area contributed by atoms with E-state index in [2.05, 4.69) is 5.10 Å². The second-order valence-electron chi connectivity index (χ2n) is 6.49. The molecule has 0 saturated carbocycles. The molecule has 2 aliphatic heterocycles. The maximum Gasteiger partial charge on any atom is 0.249 e. The van der Waals surface area contributed by atoms with Gasteiger partial charge in [-0.25, -0.2) is 13.5 Å². The summed E-state index contributed by atoms with van der Waals surface area (Å²) >= 11 is 0. The first-order valence-corrected chi connectivity index (χ1v) is 9.34. The second kappa shape index (κ2) is 5.65. The summed E-state index contributed by atoms with van der Waals surface area (Å²) in [6.07, 6.45) is 2.98. The third-order valence-corrected chi connectivity index (χ3v) is 6.22. The summed E-state index contributed by atoms with van der Waals surface area (Å²) in [6, 6.07) is 9.54. The Labute approximate surface area is 145 Å². The van der Waals surface area contributed by atoms with Crippen LogP contribution in [0.15, 0.2) is 47.6 Å². The Balaban J connectivity index is 1.43. The van der Waals surface area contributed by atoms with Gasteiger partial charge in [0.2, 0.25) is 15.9 Å². The summed E-state index contributed by atoms with van der Waals surface area (Å²) < 4.78 is 27.8. The number of amides is 1. The minimum Gasteiger partial charge on any atom is -0.274 e. The summed E-state index contributed by atoms with van der Waals surface area (Å²) in [5.74, 6) is -0.123. The molecule has 8 nitrogen and oxygen atoms in total. The average Bonchev–Trinajstić information content (AvgIpc) is 3.12. The van der Waals surface area contributed by atoms with Crippen molar-refractivity contribution in [1.29, 1.82) is 0 Å². The van der Waals surface area contributed by atoms with Gasteiger partial charge >= 0.3 is 0 Å². The molecule has 0 aliphatic carbocycles. The molecule has 9 heteroatoms. The van der Waals surface area contributed by atoms with E-state index in [4.69, 9.17) is 4.84 Å². The number of aromatic nitrogens is 2. The number of carbonyl (C=O) groups excluding carboxylic acids is 1. The molecule has 2 fully saturated rings. The molecule has 4 rings (SSSR count). The number of carbonyl (C=O) groups is 1. The van der Waals surface area contributed by atoms with Crippen molar-refractivity contribution in [3.05, 3.63) is 48.3 Å². The van der Waals surface area contributed by atoms with Gasteiger partial charge in [0, 0.05) is 26.3 Å². The van der Waals surface area contributed by atoms with E-state index >= 15 is 0 Å². The third-order valence-electron chi connectivity index (χ3n) is 4.47. The van der Waals surface area contributed by atoms with Gasteiger partial charge in [0.25, 0.3) is 0 Å². The molecule has 1 aromatic carbocycles. The maximum atomic E-state index is 12.5. The molecule has 1 spiro atoms. The highest BCUT2D eigenvalue weighted by Gasteiger charge is 2.56. The van der Waals surface area contributed by atoms with Crippen molar-refractivity contribution in [1.82, 2.24) is 19.1 Å². The van der Waals surface area contributed by atoms with Crippen LogP contribution in [0.5, 0.6) is 0 Å². The van der Waals surface area contributed by atoms with Gasteiger partial charge in [-0.2, -0.15) is 9.40 Å². The number of hydroxylamine groups is 2. The lowest BCUT2D eigenvalue weighted by Gasteiger charge is -2.44. The van der Waals surface area contributed by atoms with E-state index in [9.17, 15) is 13.2 Å². The van der Waals surface area contributed by atoms with Crippen LogP contribution in [0.25, 0.3) is 0 Å². The fourth-order valence-electron chi connectivity index (χ4n) is 3.17. The number of hydrogen-bond donors (Lipinski definition) is 0. The third kappa shape index (κ3) is 2.84. The van der Waals surface area contributed by atoms with Crippen molar-refractivity contribution in [3.8, 4) is 0 Å². The van der Waals surface area contributed by atoms with Gasteiger partial charge in [-0.05, 0) is 5.56 Å². The molecular formula is C16H18N4O4S. The van der Waals surface area contributed by atoms with Gasteiger partial charge in [-0.3, -0.25) is 14.3 Å². The van der Waals surface area contributed by atoms with Crippen LogP contribution in [0, 0.1) is 0 Å². The summed E-state index contributed by atoms with van der Waals surface area (Å²) in [6.45, 7) is 0.694. The van der Waals surface area contributed by atoms with Gasteiger partial charge < -0.3 is 0 Å². The van der Waals surface area contributed by atoms with Crippen LogP contribution in [-0.2, 0) is 33.2 Å². The number of nitrogens with zero attached hydrogens (tertiary/aromatic N) is 4. The van der Waals surface area contributed by atoms with Crippen LogP contribution in [0.2, 0.25) is 0 Å². The molecule has 2 aromatic rings. The van der Waals surface area contributed by atoms with E-state index < -0.39 is 15.6 Å². The SMILES string of the molecule is Cn1cc(S(=O)(=O)N2CC3(CC(=O)N(Cc4ccccc4)O3)C2)cn1. The highest BCUT2D eigenvalue weighted by molar-refractivity contribution is 7.89. The summed E-state index contributed by atoms with van der Waals surface area (Å²) in [7, 11) is -1.94. The predicted octanol–water partition coefficient (Wildman–Crippen LogP) is 0.527. The van der Waals surface area contributed by atoms with Crippen LogP contribution in [0.4, 0.5) is 0 Å². The molecule has 1 aromatic heterocycles. The number of sulfonamides is 1. The first kappa shape index (κ1) is 16.2. The molecule has 0 radical (unpaired) electrons. The highest BCUT2D eigenvalue weighted by Crippen LogP contribution is 2.39. The molecule has 25 heavy (non-hydrogen) atoms. The van der Waals surface area contributed by atoms with Gasteiger partial charge in [0.15, 0.2) is 0 Å². The topological polar surface area (TPSA) is 84.7 Å². The van der Waals surface area contributed by atoms with E-state index in [0.717, 1.165) is 5.56 Å². The van der Waals surface area contributed by atoms with Crippen LogP contribution >= 0.6 is 0 Å². The van der Waals surface area contributed by atoms with Gasteiger partial charge in [-0.1, -0.05) is 30.3 Å². The predicted molar refractivity (Wildman–Crippen MR) is 87.4 cm³/mol. The van der Waals surface area contributed by atoms with Crippen molar-refractivity contribution in [3.63, 3.8) is 0 Å². The van der Waals surface area contributed by atoms with Crippen molar-refractivity contribution in [2.24, 2.45) is 7.05 Å². The molecular weight excluding hydrogens is 344 g/mol. The maximum absolute atomic E-state index is 12.5. The van der Waals surface area contributed by atoms with E-state index in [-0.39, 0.29) is 30.3 Å². The molecule has 0 N–H and O–H groups in total. The van der Waals surface area contributed by atoms with Crippen molar-refractivity contribution >= 4 is 15.9 Å². The van der Waals surface area contributed by atoms with Crippen molar-refractivity contribution in [2.45, 2.75) is 23.5 Å². The molecule has 0 bridgehead atoms. The average molecular weight is 362 g/mol. The molecule has 0 unspecified atom stereocenters. The normalized spacial score (nSPS) is 20.2. The van der Waals surface area contributed by atoms with E-state index in [0.29, 0.717) is 6.54 Å². The fourth-order valence-corrected chi connectivity index (χ4v) is 4.74. The molecule has 3 heterocycles. The standard InChI is InChI=1S/C16H18N4O4S/c1-18-10-14(8-17-18)25(22,23)19-11-16(12-19)7-15(21)20(24-16)9-13-5-3-2-4-6-13/h2-6,8,10H,7,9,11-12H2,1H3. The Morgan fingerprint density at radius 1 is 1.24 bits per heavy atom. The Kier molecular flexibility index (Phi) is 3.67. The molecule has 1 amide bonds. The second-order valence-corrected chi connectivity index (χ2v) is 8.43. The van der Waals surface area contributed by atoms with Crippen LogP contribution < -0.4 is 0 Å². The molecule has 2 saturated heterocycles. The van der Waals surface area contributed by atoms with Crippen molar-refractivity contribution in [2.75, 3.05) is 13.1 Å². The van der Waals surface area contributed by atoms with Crippen molar-refractivity contribution < 1.29 is 18.0 Å². The molecule has 132 valence electrons. The lowest BCUT2D eigenvalue weighted by Crippen LogP contribution is -2.63. The number of benzene rings is 1. The number of rotatable bonds is 4. The summed E-state index contributed by atoms with van der Waals surface area (Å²) in [4.78, 5) is 18.2. The smallest absolute Gasteiger partial charge is 0.249 e.